The molecule has 1 N–H and O–H groups in total. The lowest BCUT2D eigenvalue weighted by atomic mass is 10.2. The predicted octanol–water partition coefficient (Wildman–Crippen LogP) is 2.59. The van der Waals surface area contributed by atoms with Crippen molar-refractivity contribution in [3.63, 3.8) is 0 Å². The number of hydrogen-bond donors (Lipinski definition) is 1. The van der Waals surface area contributed by atoms with Crippen LogP contribution in [0.3, 0.4) is 0 Å². The van der Waals surface area contributed by atoms with E-state index in [9.17, 15) is 14.4 Å². The van der Waals surface area contributed by atoms with Crippen LogP contribution in [0.4, 0.5) is 5.69 Å². The zero-order valence-electron chi connectivity index (χ0n) is 17.4. The Kier molecular flexibility index (Phi) is 5.12. The van der Waals surface area contributed by atoms with Crippen molar-refractivity contribution in [3.8, 4) is 11.4 Å². The van der Waals surface area contributed by atoms with Gasteiger partial charge in [-0.3, -0.25) is 19.1 Å². The van der Waals surface area contributed by atoms with Crippen LogP contribution < -0.4 is 16.3 Å². The number of hydrogen-bond acceptors (Lipinski definition) is 4. The van der Waals surface area contributed by atoms with Crippen LogP contribution in [0, 0.1) is 13.8 Å². The van der Waals surface area contributed by atoms with Gasteiger partial charge in [-0.15, -0.1) is 0 Å². The minimum Gasteiger partial charge on any atom is -0.314 e. The number of rotatable bonds is 4. The zero-order valence-corrected chi connectivity index (χ0v) is 17.4. The first-order valence-electron chi connectivity index (χ1n) is 9.70. The Morgan fingerprint density at radius 1 is 0.903 bits per heavy atom. The lowest BCUT2D eigenvalue weighted by Crippen LogP contribution is -2.29. The van der Waals surface area contributed by atoms with Crippen molar-refractivity contribution < 1.29 is 4.79 Å². The van der Waals surface area contributed by atoms with Crippen molar-refractivity contribution in [1.82, 2.24) is 19.1 Å². The van der Waals surface area contributed by atoms with Gasteiger partial charge in [0.15, 0.2) is 5.69 Å². The molecule has 0 atom stereocenters. The first-order valence-corrected chi connectivity index (χ1v) is 9.70. The first-order chi connectivity index (χ1) is 14.9. The smallest absolute Gasteiger partial charge is 0.295 e. The molecule has 156 valence electrons. The van der Waals surface area contributed by atoms with E-state index in [-0.39, 0.29) is 11.4 Å². The summed E-state index contributed by atoms with van der Waals surface area (Å²) in [5, 5.41) is 6.86. The van der Waals surface area contributed by atoms with E-state index in [0.717, 1.165) is 5.69 Å². The maximum absolute atomic E-state index is 13.0. The maximum Gasteiger partial charge on any atom is 0.295 e. The molecule has 0 saturated heterocycles. The second kappa shape index (κ2) is 7.91. The number of nitrogens with one attached hydrogen (secondary N) is 1. The second-order valence-electron chi connectivity index (χ2n) is 7.14. The number of aryl methyl sites for hydroxylation is 1. The number of anilines is 1. The van der Waals surface area contributed by atoms with Crippen molar-refractivity contribution in [3.05, 3.63) is 104 Å². The Bertz CT molecular complexity index is 1380. The van der Waals surface area contributed by atoms with E-state index in [2.05, 4.69) is 10.4 Å². The minimum absolute atomic E-state index is 0.101. The third-order valence-electron chi connectivity index (χ3n) is 5.12. The van der Waals surface area contributed by atoms with Crippen LogP contribution in [0.25, 0.3) is 11.4 Å². The molecule has 2 aromatic carbocycles. The van der Waals surface area contributed by atoms with E-state index in [1.54, 1.807) is 37.7 Å². The fourth-order valence-corrected chi connectivity index (χ4v) is 3.42. The van der Waals surface area contributed by atoms with Gasteiger partial charge in [0.05, 0.1) is 17.1 Å². The molecule has 0 bridgehead atoms. The topological polar surface area (TPSA) is 90.9 Å². The summed E-state index contributed by atoms with van der Waals surface area (Å²) in [5.74, 6) is -0.735. The molecule has 8 nitrogen and oxygen atoms in total. The summed E-state index contributed by atoms with van der Waals surface area (Å²) in [5.41, 5.74) is 1.43. The van der Waals surface area contributed by atoms with Crippen LogP contribution in [-0.2, 0) is 7.05 Å². The molecule has 0 unspecified atom stereocenters. The summed E-state index contributed by atoms with van der Waals surface area (Å²) in [6, 6.07) is 19.7. The molecule has 0 aliphatic carbocycles. The highest BCUT2D eigenvalue weighted by Gasteiger charge is 2.21. The molecule has 8 heteroatoms. The number of benzene rings is 2. The summed E-state index contributed by atoms with van der Waals surface area (Å²) in [4.78, 5) is 38.5. The normalized spacial score (nSPS) is 10.8. The molecular weight excluding hydrogens is 394 g/mol. The summed E-state index contributed by atoms with van der Waals surface area (Å²) in [6.45, 7) is 3.46. The van der Waals surface area contributed by atoms with E-state index in [0.29, 0.717) is 17.1 Å². The molecule has 0 aliphatic heterocycles. The quantitative estimate of drug-likeness (QED) is 0.555. The number of para-hydroxylation sites is 2. The fourth-order valence-electron chi connectivity index (χ4n) is 3.42. The Hall–Kier alpha value is -4.20. The number of carbonyl (C=O) groups is 1. The molecule has 4 rings (SSSR count). The van der Waals surface area contributed by atoms with E-state index in [1.165, 1.54) is 15.4 Å². The second-order valence-corrected chi connectivity index (χ2v) is 7.14. The molecule has 0 saturated carbocycles. The third-order valence-corrected chi connectivity index (χ3v) is 5.12. The zero-order chi connectivity index (χ0) is 22.1. The number of nitrogens with zero attached hydrogens (tertiary/aromatic N) is 4. The lowest BCUT2D eigenvalue weighted by molar-refractivity contribution is 0.101. The first kappa shape index (κ1) is 20.1. The monoisotopic (exact) mass is 415 g/mol. The average molecular weight is 415 g/mol. The average Bonchev–Trinajstić information content (AvgIpc) is 2.98. The van der Waals surface area contributed by atoms with Crippen LogP contribution in [0.5, 0.6) is 0 Å². The lowest BCUT2D eigenvalue weighted by Gasteiger charge is -2.11. The molecule has 2 aromatic heterocycles. The molecule has 0 fully saturated rings. The van der Waals surface area contributed by atoms with E-state index >= 15 is 0 Å². The molecule has 0 radical (unpaired) electrons. The molecule has 31 heavy (non-hydrogen) atoms. The van der Waals surface area contributed by atoms with Crippen molar-refractivity contribution in [2.75, 3.05) is 5.32 Å². The van der Waals surface area contributed by atoms with Gasteiger partial charge in [-0.25, -0.2) is 9.36 Å². The Morgan fingerprint density at radius 2 is 1.48 bits per heavy atom. The van der Waals surface area contributed by atoms with Crippen molar-refractivity contribution >= 4 is 11.6 Å². The van der Waals surface area contributed by atoms with E-state index in [4.69, 9.17) is 0 Å². The molecule has 0 spiro atoms. The summed E-state index contributed by atoms with van der Waals surface area (Å²) < 4.78 is 4.63. The van der Waals surface area contributed by atoms with Gasteiger partial charge in [-0.1, -0.05) is 36.4 Å². The van der Waals surface area contributed by atoms with Crippen LogP contribution >= 0.6 is 0 Å². The molecular formula is C23H21N5O3. The van der Waals surface area contributed by atoms with Gasteiger partial charge in [0.2, 0.25) is 5.43 Å². The third kappa shape index (κ3) is 3.59. The van der Waals surface area contributed by atoms with Crippen LogP contribution in [0.1, 0.15) is 21.9 Å². The van der Waals surface area contributed by atoms with Crippen LogP contribution in [0.15, 0.2) is 76.3 Å². The Morgan fingerprint density at radius 3 is 2.10 bits per heavy atom. The number of aromatic nitrogens is 4. The van der Waals surface area contributed by atoms with Gasteiger partial charge in [-0.2, -0.15) is 5.10 Å². The van der Waals surface area contributed by atoms with Crippen molar-refractivity contribution in [2.24, 2.45) is 7.05 Å². The SMILES string of the molecule is Cc1cc(=O)c(C(=O)Nc2c(C)n(C)n(-c3ccccc3)c2=O)nn1-c1ccccc1. The van der Waals surface area contributed by atoms with E-state index in [1.807, 2.05) is 48.5 Å². The van der Waals surface area contributed by atoms with Gasteiger partial charge in [-0.05, 0) is 38.1 Å². The molecule has 4 aromatic rings. The fraction of sp³-hybridized carbons (Fsp3) is 0.130. The maximum atomic E-state index is 13.0. The van der Waals surface area contributed by atoms with Gasteiger partial charge >= 0.3 is 0 Å². The van der Waals surface area contributed by atoms with Gasteiger partial charge in [0, 0.05) is 18.8 Å². The Labute approximate surface area is 178 Å². The summed E-state index contributed by atoms with van der Waals surface area (Å²) in [7, 11) is 1.73. The highest BCUT2D eigenvalue weighted by Crippen LogP contribution is 2.15. The van der Waals surface area contributed by atoms with Crippen LogP contribution in [-0.4, -0.2) is 25.1 Å². The number of amides is 1. The van der Waals surface area contributed by atoms with Gasteiger partial charge < -0.3 is 5.32 Å². The molecule has 2 heterocycles. The largest absolute Gasteiger partial charge is 0.314 e. The van der Waals surface area contributed by atoms with Crippen molar-refractivity contribution in [1.29, 1.82) is 0 Å². The van der Waals surface area contributed by atoms with Gasteiger partial charge in [0.25, 0.3) is 11.5 Å². The minimum atomic E-state index is -0.735. The standard InChI is InChI=1S/C23H21N5O3/c1-15-14-19(29)21(25-27(15)17-10-6-4-7-11-17)22(30)24-20-16(2)26(3)28(23(20)31)18-12-8-5-9-13-18/h4-14H,1-3H3,(H,24,30). The number of carbonyl (C=O) groups excluding carboxylic acids is 1. The summed E-state index contributed by atoms with van der Waals surface area (Å²) in [6.07, 6.45) is 0. The highest BCUT2D eigenvalue weighted by molar-refractivity contribution is 6.03. The predicted molar refractivity (Wildman–Crippen MR) is 118 cm³/mol. The van der Waals surface area contributed by atoms with Gasteiger partial charge in [0.1, 0.15) is 5.69 Å². The van der Waals surface area contributed by atoms with Crippen LogP contribution in [0.2, 0.25) is 0 Å². The van der Waals surface area contributed by atoms with E-state index < -0.39 is 16.9 Å². The Balaban J connectivity index is 1.75. The summed E-state index contributed by atoms with van der Waals surface area (Å²) >= 11 is 0. The van der Waals surface area contributed by atoms with Crippen molar-refractivity contribution in [2.45, 2.75) is 13.8 Å². The highest BCUT2D eigenvalue weighted by atomic mass is 16.2. The molecule has 1 amide bonds. The molecule has 0 aliphatic rings.